The topological polar surface area (TPSA) is 66.6 Å². The fourth-order valence-corrected chi connectivity index (χ4v) is 4.54. The molecule has 0 bridgehead atoms. The Balaban J connectivity index is 1.30. The summed E-state index contributed by atoms with van der Waals surface area (Å²) in [5.41, 5.74) is 5.12. The molecule has 1 heterocycles. The van der Waals surface area contributed by atoms with Gasteiger partial charge in [0.05, 0.1) is 6.61 Å². The minimum atomic E-state index is -0.158. The normalized spacial score (nSPS) is 10.8. The number of fused-ring (bicyclic) bond motifs is 1. The highest BCUT2D eigenvalue weighted by molar-refractivity contribution is 5.89. The van der Waals surface area contributed by atoms with E-state index in [2.05, 4.69) is 22.4 Å². The Morgan fingerprint density at radius 3 is 2.41 bits per heavy atom. The van der Waals surface area contributed by atoms with E-state index in [1.54, 1.807) is 0 Å². The number of aromatic nitrogens is 1. The van der Waals surface area contributed by atoms with E-state index in [4.69, 9.17) is 9.47 Å². The zero-order valence-corrected chi connectivity index (χ0v) is 22.1. The molecule has 5 aromatic rings. The Kier molecular flexibility index (Phi) is 8.44. The van der Waals surface area contributed by atoms with Crippen LogP contribution in [0.1, 0.15) is 23.6 Å². The number of H-pyrrole nitrogens is 1. The zero-order valence-electron chi connectivity index (χ0n) is 22.1. The number of hydrogen-bond acceptors (Lipinski definition) is 3. The molecule has 4 aromatic carbocycles. The molecule has 5 rings (SSSR count). The molecule has 2 amide bonds. The van der Waals surface area contributed by atoms with E-state index in [1.165, 1.54) is 10.9 Å². The quantitative estimate of drug-likeness (QED) is 0.191. The maximum absolute atomic E-state index is 13.5. The van der Waals surface area contributed by atoms with Gasteiger partial charge in [0.2, 0.25) is 0 Å². The number of urea groups is 1. The summed E-state index contributed by atoms with van der Waals surface area (Å²) in [6.07, 6.45) is 2.76. The maximum Gasteiger partial charge on any atom is 0.322 e. The summed E-state index contributed by atoms with van der Waals surface area (Å²) in [6, 6.07) is 33.6. The summed E-state index contributed by atoms with van der Waals surface area (Å²) in [5.74, 6) is 1.55. The van der Waals surface area contributed by atoms with E-state index < -0.39 is 0 Å². The van der Waals surface area contributed by atoms with Gasteiger partial charge in [0.1, 0.15) is 18.1 Å². The number of rotatable bonds is 11. The van der Waals surface area contributed by atoms with Crippen molar-refractivity contribution in [1.29, 1.82) is 0 Å². The van der Waals surface area contributed by atoms with Gasteiger partial charge in [-0.2, -0.15) is 0 Å². The number of carbonyl (C=O) groups is 1. The molecule has 0 aliphatic heterocycles. The molecule has 0 aliphatic carbocycles. The Bertz CT molecular complexity index is 1500. The van der Waals surface area contributed by atoms with Crippen molar-refractivity contribution in [2.75, 3.05) is 18.5 Å². The average molecular weight is 520 g/mol. The van der Waals surface area contributed by atoms with Crippen LogP contribution in [0.2, 0.25) is 0 Å². The van der Waals surface area contributed by atoms with Crippen LogP contribution in [0.3, 0.4) is 0 Å². The van der Waals surface area contributed by atoms with Gasteiger partial charge < -0.3 is 24.7 Å². The second kappa shape index (κ2) is 12.7. The lowest BCUT2D eigenvalue weighted by atomic mass is 10.1. The van der Waals surface area contributed by atoms with Crippen LogP contribution in [-0.4, -0.2) is 29.1 Å². The highest BCUT2D eigenvalue weighted by Crippen LogP contribution is 2.21. The maximum atomic E-state index is 13.5. The Morgan fingerprint density at radius 1 is 0.821 bits per heavy atom. The summed E-state index contributed by atoms with van der Waals surface area (Å²) < 4.78 is 11.6. The van der Waals surface area contributed by atoms with E-state index >= 15 is 0 Å². The number of nitrogens with zero attached hydrogens (tertiary/aromatic N) is 1. The van der Waals surface area contributed by atoms with Crippen molar-refractivity contribution in [3.63, 3.8) is 0 Å². The molecule has 0 saturated carbocycles. The summed E-state index contributed by atoms with van der Waals surface area (Å²) in [4.78, 5) is 18.7. The van der Waals surface area contributed by atoms with Crippen molar-refractivity contribution >= 4 is 22.6 Å². The minimum absolute atomic E-state index is 0.158. The first-order chi connectivity index (χ1) is 19.2. The lowest BCUT2D eigenvalue weighted by molar-refractivity contribution is 0.209. The molecule has 1 aromatic heterocycles. The standard InChI is InChI=1S/C33H33N3O3/c1-2-38-29-17-15-28(16-18-29)35-33(37)36(20-19-27-22-34-32-14-7-6-13-31(27)32)23-26-11-8-12-30(21-26)39-24-25-9-4-3-5-10-25/h3-18,21-22,34H,2,19-20,23-24H2,1H3,(H,35,37). The predicted molar refractivity (Wildman–Crippen MR) is 156 cm³/mol. The summed E-state index contributed by atoms with van der Waals surface area (Å²) in [5, 5.41) is 4.23. The third kappa shape index (κ3) is 6.99. The number of carbonyl (C=O) groups excluding carboxylic acids is 1. The number of anilines is 1. The highest BCUT2D eigenvalue weighted by Gasteiger charge is 2.16. The molecule has 0 spiro atoms. The molecule has 0 radical (unpaired) electrons. The van der Waals surface area contributed by atoms with Gasteiger partial charge in [0.25, 0.3) is 0 Å². The van der Waals surface area contributed by atoms with Crippen LogP contribution in [0.15, 0.2) is 109 Å². The number of amides is 2. The van der Waals surface area contributed by atoms with E-state index in [0.29, 0.717) is 26.3 Å². The van der Waals surface area contributed by atoms with Crippen LogP contribution in [0.25, 0.3) is 10.9 Å². The van der Waals surface area contributed by atoms with E-state index in [9.17, 15) is 4.79 Å². The molecule has 0 fully saturated rings. The van der Waals surface area contributed by atoms with Crippen LogP contribution in [0.4, 0.5) is 10.5 Å². The van der Waals surface area contributed by atoms with Gasteiger partial charge in [-0.3, -0.25) is 0 Å². The first-order valence-corrected chi connectivity index (χ1v) is 13.3. The average Bonchev–Trinajstić information content (AvgIpc) is 3.39. The van der Waals surface area contributed by atoms with Gasteiger partial charge in [-0.25, -0.2) is 4.79 Å². The third-order valence-corrected chi connectivity index (χ3v) is 6.55. The van der Waals surface area contributed by atoms with Crippen molar-refractivity contribution in [2.45, 2.75) is 26.5 Å². The molecule has 6 nitrogen and oxygen atoms in total. The third-order valence-electron chi connectivity index (χ3n) is 6.55. The molecule has 0 atom stereocenters. The van der Waals surface area contributed by atoms with E-state index in [-0.39, 0.29) is 6.03 Å². The van der Waals surface area contributed by atoms with Crippen molar-refractivity contribution in [1.82, 2.24) is 9.88 Å². The Labute approximate surface area is 229 Å². The molecular formula is C33H33N3O3. The van der Waals surface area contributed by atoms with E-state index in [1.807, 2.05) is 109 Å². The summed E-state index contributed by atoms with van der Waals surface area (Å²) in [6.45, 7) is 4.05. The first-order valence-electron chi connectivity index (χ1n) is 13.3. The molecule has 39 heavy (non-hydrogen) atoms. The van der Waals surface area contributed by atoms with Crippen LogP contribution in [0, 0.1) is 0 Å². The largest absolute Gasteiger partial charge is 0.494 e. The molecule has 6 heteroatoms. The van der Waals surface area contributed by atoms with Gasteiger partial charge in [0, 0.05) is 35.9 Å². The predicted octanol–water partition coefficient (Wildman–Crippen LogP) is 7.42. The lowest BCUT2D eigenvalue weighted by Crippen LogP contribution is -2.36. The Morgan fingerprint density at radius 2 is 1.59 bits per heavy atom. The first kappa shape index (κ1) is 25.9. The van der Waals surface area contributed by atoms with Crippen molar-refractivity contribution in [2.24, 2.45) is 0 Å². The van der Waals surface area contributed by atoms with Crippen LogP contribution >= 0.6 is 0 Å². The van der Waals surface area contributed by atoms with E-state index in [0.717, 1.165) is 40.3 Å². The number of benzene rings is 4. The van der Waals surface area contributed by atoms with Gasteiger partial charge in [-0.15, -0.1) is 0 Å². The lowest BCUT2D eigenvalue weighted by Gasteiger charge is -2.24. The van der Waals surface area contributed by atoms with Gasteiger partial charge in [-0.1, -0.05) is 60.7 Å². The number of para-hydroxylation sites is 1. The van der Waals surface area contributed by atoms with Gasteiger partial charge >= 0.3 is 6.03 Å². The van der Waals surface area contributed by atoms with Crippen molar-refractivity contribution < 1.29 is 14.3 Å². The SMILES string of the molecule is CCOc1ccc(NC(=O)N(CCc2c[nH]c3ccccc23)Cc2cccc(OCc3ccccc3)c2)cc1. The van der Waals surface area contributed by atoms with Gasteiger partial charge in [0.15, 0.2) is 0 Å². The molecule has 0 unspecified atom stereocenters. The fraction of sp³-hybridized carbons (Fsp3) is 0.182. The number of ether oxygens (including phenoxy) is 2. The molecule has 0 saturated heterocycles. The second-order valence-corrected chi connectivity index (χ2v) is 9.34. The number of nitrogens with one attached hydrogen (secondary N) is 2. The fourth-order valence-electron chi connectivity index (χ4n) is 4.54. The Hall–Kier alpha value is -4.71. The van der Waals surface area contributed by atoms with Crippen LogP contribution < -0.4 is 14.8 Å². The highest BCUT2D eigenvalue weighted by atomic mass is 16.5. The van der Waals surface area contributed by atoms with Crippen molar-refractivity contribution in [3.8, 4) is 11.5 Å². The summed E-state index contributed by atoms with van der Waals surface area (Å²) in [7, 11) is 0. The number of aromatic amines is 1. The molecule has 0 aliphatic rings. The molecule has 198 valence electrons. The molecule has 2 N–H and O–H groups in total. The number of hydrogen-bond donors (Lipinski definition) is 2. The smallest absolute Gasteiger partial charge is 0.322 e. The minimum Gasteiger partial charge on any atom is -0.494 e. The van der Waals surface area contributed by atoms with Crippen LogP contribution in [0.5, 0.6) is 11.5 Å². The molecular weight excluding hydrogens is 486 g/mol. The van der Waals surface area contributed by atoms with Gasteiger partial charge in [-0.05, 0) is 72.5 Å². The van der Waals surface area contributed by atoms with Crippen LogP contribution in [-0.2, 0) is 19.6 Å². The van der Waals surface area contributed by atoms with Crippen molar-refractivity contribution in [3.05, 3.63) is 126 Å². The zero-order chi connectivity index (χ0) is 26.9. The second-order valence-electron chi connectivity index (χ2n) is 9.34. The summed E-state index contributed by atoms with van der Waals surface area (Å²) >= 11 is 0. The monoisotopic (exact) mass is 519 g/mol.